The van der Waals surface area contributed by atoms with Crippen LogP contribution in [0, 0.1) is 5.92 Å². The maximum Gasteiger partial charge on any atom is 0.330 e. The molecule has 0 spiro atoms. The van der Waals surface area contributed by atoms with Gasteiger partial charge in [-0.25, -0.2) is 4.79 Å². The fourth-order valence-electron chi connectivity index (χ4n) is 1.02. The van der Waals surface area contributed by atoms with Crippen LogP contribution in [0.15, 0.2) is 12.2 Å². The summed E-state index contributed by atoms with van der Waals surface area (Å²) in [6.07, 6.45) is 2.75. The molecule has 1 fully saturated rings. The molecule has 0 N–H and O–H groups in total. The van der Waals surface area contributed by atoms with Crippen molar-refractivity contribution >= 4 is 17.9 Å². The van der Waals surface area contributed by atoms with Crippen molar-refractivity contribution in [1.82, 2.24) is 0 Å². The van der Waals surface area contributed by atoms with Crippen LogP contribution in [0.1, 0.15) is 13.3 Å². The van der Waals surface area contributed by atoms with E-state index in [-0.39, 0.29) is 13.0 Å². The Hall–Kier alpha value is -1.65. The van der Waals surface area contributed by atoms with Crippen molar-refractivity contribution in [2.75, 3.05) is 6.61 Å². The first-order valence-corrected chi connectivity index (χ1v) is 4.17. The van der Waals surface area contributed by atoms with E-state index in [9.17, 15) is 14.4 Å². The highest BCUT2D eigenvalue weighted by molar-refractivity contribution is 5.94. The maximum absolute atomic E-state index is 10.9. The van der Waals surface area contributed by atoms with Gasteiger partial charge in [-0.05, 0) is 6.92 Å². The SMILES string of the molecule is CC=CC(=O)OCC1CC(=O)OC1=O. The Morgan fingerprint density at radius 1 is 1.64 bits per heavy atom. The number of hydrogen-bond donors (Lipinski definition) is 0. The summed E-state index contributed by atoms with van der Waals surface area (Å²) in [5.74, 6) is -2.36. The number of ether oxygens (including phenoxy) is 2. The number of carbonyl (C=O) groups is 3. The lowest BCUT2D eigenvalue weighted by atomic mass is 10.1. The molecule has 0 radical (unpaired) electrons. The summed E-state index contributed by atoms with van der Waals surface area (Å²) in [5.41, 5.74) is 0. The van der Waals surface area contributed by atoms with E-state index in [0.717, 1.165) is 0 Å². The summed E-state index contributed by atoms with van der Waals surface area (Å²) < 4.78 is 8.99. The number of carbonyl (C=O) groups excluding carboxylic acids is 3. The molecule has 0 aromatic carbocycles. The van der Waals surface area contributed by atoms with Gasteiger partial charge in [0.05, 0.1) is 6.42 Å². The van der Waals surface area contributed by atoms with Crippen LogP contribution < -0.4 is 0 Å². The standard InChI is InChI=1S/C9H10O5/c1-2-3-7(10)13-5-6-4-8(11)14-9(6)12/h2-3,6H,4-5H2,1H3. The van der Waals surface area contributed by atoms with Crippen LogP contribution in [0.4, 0.5) is 0 Å². The zero-order valence-electron chi connectivity index (χ0n) is 7.69. The van der Waals surface area contributed by atoms with E-state index in [1.807, 2.05) is 0 Å². The number of esters is 3. The van der Waals surface area contributed by atoms with Crippen molar-refractivity contribution < 1.29 is 23.9 Å². The minimum absolute atomic E-state index is 0.0120. The molecule has 0 aromatic rings. The van der Waals surface area contributed by atoms with Crippen molar-refractivity contribution in [3.63, 3.8) is 0 Å². The number of rotatable bonds is 3. The van der Waals surface area contributed by atoms with E-state index in [1.54, 1.807) is 6.92 Å². The Morgan fingerprint density at radius 2 is 2.36 bits per heavy atom. The van der Waals surface area contributed by atoms with Gasteiger partial charge in [0, 0.05) is 6.08 Å². The third-order valence-corrected chi connectivity index (χ3v) is 1.69. The van der Waals surface area contributed by atoms with Gasteiger partial charge in [-0.3, -0.25) is 9.59 Å². The predicted octanol–water partition coefficient (Wildman–Crippen LogP) is 0.195. The molecule has 0 bridgehead atoms. The summed E-state index contributed by atoms with van der Waals surface area (Å²) in [6, 6.07) is 0. The molecule has 1 aliphatic rings. The molecule has 1 atom stereocenters. The molecule has 14 heavy (non-hydrogen) atoms. The first-order chi connectivity index (χ1) is 6.63. The smallest absolute Gasteiger partial charge is 0.330 e. The molecule has 76 valence electrons. The fourth-order valence-corrected chi connectivity index (χ4v) is 1.02. The van der Waals surface area contributed by atoms with Gasteiger partial charge in [-0.1, -0.05) is 6.08 Å². The quantitative estimate of drug-likeness (QED) is 0.368. The van der Waals surface area contributed by atoms with E-state index >= 15 is 0 Å². The molecule has 0 aromatic heterocycles. The highest BCUT2D eigenvalue weighted by Crippen LogP contribution is 2.15. The van der Waals surface area contributed by atoms with Crippen LogP contribution in [0.5, 0.6) is 0 Å². The highest BCUT2D eigenvalue weighted by atomic mass is 16.6. The lowest BCUT2D eigenvalue weighted by molar-refractivity contribution is -0.153. The van der Waals surface area contributed by atoms with E-state index in [0.29, 0.717) is 0 Å². The third-order valence-electron chi connectivity index (χ3n) is 1.69. The predicted molar refractivity (Wildman–Crippen MR) is 45.0 cm³/mol. The van der Waals surface area contributed by atoms with Crippen LogP contribution in [-0.4, -0.2) is 24.5 Å². The van der Waals surface area contributed by atoms with E-state index in [4.69, 9.17) is 4.74 Å². The Balaban J connectivity index is 2.35. The van der Waals surface area contributed by atoms with Crippen LogP contribution >= 0.6 is 0 Å². The average molecular weight is 198 g/mol. The number of allylic oxidation sites excluding steroid dienone is 1. The summed E-state index contributed by atoms with van der Waals surface area (Å²) in [7, 11) is 0. The van der Waals surface area contributed by atoms with Gasteiger partial charge < -0.3 is 9.47 Å². The minimum Gasteiger partial charge on any atom is -0.462 e. The van der Waals surface area contributed by atoms with Crippen LogP contribution in [0.3, 0.4) is 0 Å². The summed E-state index contributed by atoms with van der Waals surface area (Å²) >= 11 is 0. The lowest BCUT2D eigenvalue weighted by Gasteiger charge is -2.03. The van der Waals surface area contributed by atoms with Gasteiger partial charge in [0.2, 0.25) is 0 Å². The molecule has 0 saturated carbocycles. The molecular weight excluding hydrogens is 188 g/mol. The van der Waals surface area contributed by atoms with Crippen molar-refractivity contribution in [1.29, 1.82) is 0 Å². The van der Waals surface area contributed by atoms with Gasteiger partial charge >= 0.3 is 17.9 Å². The molecule has 1 aliphatic heterocycles. The molecule has 0 amide bonds. The second-order valence-electron chi connectivity index (χ2n) is 2.82. The van der Waals surface area contributed by atoms with Crippen LogP contribution in [-0.2, 0) is 23.9 Å². The van der Waals surface area contributed by atoms with Gasteiger partial charge in [0.15, 0.2) is 0 Å². The Bertz CT molecular complexity index is 292. The van der Waals surface area contributed by atoms with E-state index in [1.165, 1.54) is 12.2 Å². The molecule has 1 heterocycles. The van der Waals surface area contributed by atoms with Crippen molar-refractivity contribution in [3.8, 4) is 0 Å². The van der Waals surface area contributed by atoms with E-state index in [2.05, 4.69) is 4.74 Å². The zero-order chi connectivity index (χ0) is 10.6. The minimum atomic E-state index is -0.642. The van der Waals surface area contributed by atoms with Crippen molar-refractivity contribution in [3.05, 3.63) is 12.2 Å². The van der Waals surface area contributed by atoms with Crippen molar-refractivity contribution in [2.45, 2.75) is 13.3 Å². The van der Waals surface area contributed by atoms with Crippen molar-refractivity contribution in [2.24, 2.45) is 5.92 Å². The second-order valence-corrected chi connectivity index (χ2v) is 2.82. The molecule has 5 nitrogen and oxygen atoms in total. The first-order valence-electron chi connectivity index (χ1n) is 4.17. The lowest BCUT2D eigenvalue weighted by Crippen LogP contribution is -2.16. The van der Waals surface area contributed by atoms with Crippen LogP contribution in [0.2, 0.25) is 0 Å². The van der Waals surface area contributed by atoms with E-state index < -0.39 is 23.8 Å². The van der Waals surface area contributed by atoms with Crippen LogP contribution in [0.25, 0.3) is 0 Å². The fraction of sp³-hybridized carbons (Fsp3) is 0.444. The monoisotopic (exact) mass is 198 g/mol. The topological polar surface area (TPSA) is 69.7 Å². The normalized spacial score (nSPS) is 21.4. The summed E-state index contributed by atoms with van der Waals surface area (Å²) in [5, 5.41) is 0. The Labute approximate surface area is 80.7 Å². The number of cyclic esters (lactones) is 2. The summed E-state index contributed by atoms with van der Waals surface area (Å²) in [6.45, 7) is 1.57. The Morgan fingerprint density at radius 3 is 2.86 bits per heavy atom. The third kappa shape index (κ3) is 2.69. The van der Waals surface area contributed by atoms with Gasteiger partial charge in [0.25, 0.3) is 0 Å². The molecule has 1 unspecified atom stereocenters. The zero-order valence-corrected chi connectivity index (χ0v) is 7.69. The molecule has 1 rings (SSSR count). The largest absolute Gasteiger partial charge is 0.462 e. The molecule has 1 saturated heterocycles. The highest BCUT2D eigenvalue weighted by Gasteiger charge is 2.34. The van der Waals surface area contributed by atoms with Gasteiger partial charge in [-0.2, -0.15) is 0 Å². The second kappa shape index (κ2) is 4.55. The van der Waals surface area contributed by atoms with Gasteiger partial charge in [-0.15, -0.1) is 0 Å². The average Bonchev–Trinajstić information content (AvgIpc) is 2.42. The Kier molecular flexibility index (Phi) is 3.39. The van der Waals surface area contributed by atoms with Gasteiger partial charge in [0.1, 0.15) is 12.5 Å². The first kappa shape index (κ1) is 10.4. The molecular formula is C9H10O5. The number of hydrogen-bond acceptors (Lipinski definition) is 5. The maximum atomic E-state index is 10.9. The summed E-state index contributed by atoms with van der Waals surface area (Å²) in [4.78, 5) is 32.4. The molecule has 5 heteroatoms. The molecule has 0 aliphatic carbocycles.